The third-order valence-corrected chi connectivity index (χ3v) is 5.33. The number of halogens is 2. The van der Waals surface area contributed by atoms with E-state index in [4.69, 9.17) is 27.9 Å². The normalized spacial score (nSPS) is 25.6. The van der Waals surface area contributed by atoms with Crippen LogP contribution in [0.2, 0.25) is 10.0 Å². The van der Waals surface area contributed by atoms with Crippen LogP contribution in [0.25, 0.3) is 0 Å². The van der Waals surface area contributed by atoms with Crippen molar-refractivity contribution in [1.29, 1.82) is 0 Å². The number of phenolic OH excluding ortho intramolecular Hbond substituents is 1. The summed E-state index contributed by atoms with van der Waals surface area (Å²) in [5, 5.41) is 20.8. The molecule has 2 aliphatic rings. The molecule has 21 heavy (non-hydrogen) atoms. The molecule has 2 saturated heterocycles. The molecule has 1 aromatic rings. The van der Waals surface area contributed by atoms with Crippen LogP contribution in [0.3, 0.4) is 0 Å². The van der Waals surface area contributed by atoms with Gasteiger partial charge in [-0.15, -0.1) is 0 Å². The number of likely N-dealkylation sites (tertiary alicyclic amines) is 1. The van der Waals surface area contributed by atoms with Crippen molar-refractivity contribution in [3.05, 3.63) is 27.7 Å². The summed E-state index contributed by atoms with van der Waals surface area (Å²) >= 11 is 11.9. The van der Waals surface area contributed by atoms with E-state index in [9.17, 15) is 10.2 Å². The van der Waals surface area contributed by atoms with Gasteiger partial charge >= 0.3 is 0 Å². The predicted octanol–water partition coefficient (Wildman–Crippen LogP) is 2.81. The fourth-order valence-corrected chi connectivity index (χ4v) is 3.59. The largest absolute Gasteiger partial charge is 0.508 e. The molecule has 1 atom stereocenters. The van der Waals surface area contributed by atoms with Gasteiger partial charge in [-0.2, -0.15) is 0 Å². The zero-order valence-corrected chi connectivity index (χ0v) is 13.2. The van der Waals surface area contributed by atoms with Gasteiger partial charge in [0.25, 0.3) is 0 Å². The molecule has 1 aromatic carbocycles. The Balaban J connectivity index is 1.64. The number of aliphatic hydroxyl groups is 1. The van der Waals surface area contributed by atoms with Crippen molar-refractivity contribution in [2.45, 2.75) is 37.5 Å². The average molecular weight is 332 g/mol. The molecule has 116 valence electrons. The third-order valence-electron chi connectivity index (χ3n) is 4.61. The molecule has 0 saturated carbocycles. The fraction of sp³-hybridized carbons (Fsp3) is 0.600. The van der Waals surface area contributed by atoms with Crippen LogP contribution in [-0.4, -0.2) is 46.5 Å². The molecule has 0 bridgehead atoms. The van der Waals surface area contributed by atoms with E-state index in [-0.39, 0.29) is 17.5 Å². The number of phenols is 1. The first kappa shape index (κ1) is 15.4. The second-order valence-electron chi connectivity index (χ2n) is 5.89. The second-order valence-corrected chi connectivity index (χ2v) is 6.70. The number of aromatic hydroxyl groups is 1. The molecule has 2 N–H and O–H groups in total. The molecule has 1 spiro atoms. The van der Waals surface area contributed by atoms with Gasteiger partial charge in [-0.3, -0.25) is 4.90 Å². The number of aliphatic hydroxyl groups excluding tert-OH is 1. The Labute approximate surface area is 134 Å². The molecular formula is C15H19Cl2NO3. The minimum absolute atomic E-state index is 0.168. The van der Waals surface area contributed by atoms with Crippen molar-refractivity contribution < 1.29 is 14.9 Å². The van der Waals surface area contributed by atoms with E-state index in [1.165, 1.54) is 6.07 Å². The molecule has 0 radical (unpaired) electrons. The van der Waals surface area contributed by atoms with Crippen LogP contribution in [0.1, 0.15) is 24.8 Å². The summed E-state index contributed by atoms with van der Waals surface area (Å²) in [6.45, 7) is 2.93. The highest BCUT2D eigenvalue weighted by molar-refractivity contribution is 6.42. The van der Waals surface area contributed by atoms with E-state index in [0.29, 0.717) is 23.2 Å². The van der Waals surface area contributed by atoms with E-state index in [1.807, 2.05) is 0 Å². The number of piperidine rings is 1. The molecule has 3 rings (SSSR count). The van der Waals surface area contributed by atoms with E-state index in [2.05, 4.69) is 4.90 Å². The Bertz CT molecular complexity index is 530. The number of nitrogens with zero attached hydrogens (tertiary/aromatic N) is 1. The van der Waals surface area contributed by atoms with Gasteiger partial charge in [0.2, 0.25) is 0 Å². The van der Waals surface area contributed by atoms with Crippen molar-refractivity contribution in [2.75, 3.05) is 19.7 Å². The van der Waals surface area contributed by atoms with Crippen LogP contribution in [-0.2, 0) is 11.3 Å². The van der Waals surface area contributed by atoms with Crippen molar-refractivity contribution in [3.8, 4) is 5.75 Å². The zero-order valence-electron chi connectivity index (χ0n) is 11.7. The number of benzene rings is 1. The molecule has 0 aromatic heterocycles. The lowest BCUT2D eigenvalue weighted by molar-refractivity contribution is -0.0950. The molecular weight excluding hydrogens is 313 g/mol. The molecule has 4 nitrogen and oxygen atoms in total. The van der Waals surface area contributed by atoms with Gasteiger partial charge in [-0.25, -0.2) is 0 Å². The van der Waals surface area contributed by atoms with E-state index in [1.54, 1.807) is 6.07 Å². The standard InChI is InChI=1S/C15H19Cl2NO3/c16-11-7-10(13(19)8-12(11)17)9-18-4-2-15(3-5-18)14(20)1-6-21-15/h7-8,14,19-20H,1-6,9H2. The van der Waals surface area contributed by atoms with Crippen LogP contribution in [0, 0.1) is 0 Å². The Morgan fingerprint density at radius 1 is 1.24 bits per heavy atom. The van der Waals surface area contributed by atoms with Gasteiger partial charge in [-0.1, -0.05) is 23.2 Å². The minimum atomic E-state index is -0.351. The summed E-state index contributed by atoms with van der Waals surface area (Å²) in [5.74, 6) is 0.168. The van der Waals surface area contributed by atoms with Gasteiger partial charge < -0.3 is 14.9 Å². The molecule has 2 aliphatic heterocycles. The quantitative estimate of drug-likeness (QED) is 0.874. The summed E-state index contributed by atoms with van der Waals surface area (Å²) in [4.78, 5) is 2.24. The van der Waals surface area contributed by atoms with Crippen LogP contribution in [0.5, 0.6) is 5.75 Å². The van der Waals surface area contributed by atoms with Crippen molar-refractivity contribution in [1.82, 2.24) is 4.90 Å². The van der Waals surface area contributed by atoms with Crippen LogP contribution < -0.4 is 0 Å². The lowest BCUT2D eigenvalue weighted by Gasteiger charge is -2.40. The summed E-state index contributed by atoms with van der Waals surface area (Å²) in [7, 11) is 0. The smallest absolute Gasteiger partial charge is 0.121 e. The van der Waals surface area contributed by atoms with Crippen LogP contribution >= 0.6 is 23.2 Å². The van der Waals surface area contributed by atoms with Gasteiger partial charge in [0.1, 0.15) is 5.75 Å². The average Bonchev–Trinajstić information content (AvgIpc) is 2.80. The van der Waals surface area contributed by atoms with Crippen molar-refractivity contribution in [2.24, 2.45) is 0 Å². The Hall–Kier alpha value is -0.520. The first-order valence-corrected chi connectivity index (χ1v) is 7.97. The first-order chi connectivity index (χ1) is 10.00. The fourth-order valence-electron chi connectivity index (χ4n) is 3.25. The topological polar surface area (TPSA) is 52.9 Å². The molecule has 1 unspecified atom stereocenters. The molecule has 0 amide bonds. The first-order valence-electron chi connectivity index (χ1n) is 7.21. The van der Waals surface area contributed by atoms with Crippen molar-refractivity contribution in [3.63, 3.8) is 0 Å². The highest BCUT2D eigenvalue weighted by Gasteiger charge is 2.45. The Morgan fingerprint density at radius 3 is 2.52 bits per heavy atom. The van der Waals surface area contributed by atoms with Crippen LogP contribution in [0.4, 0.5) is 0 Å². The maximum atomic E-state index is 10.1. The summed E-state index contributed by atoms with van der Waals surface area (Å²) in [5.41, 5.74) is 0.421. The van der Waals surface area contributed by atoms with Gasteiger partial charge in [0.05, 0.1) is 28.4 Å². The maximum absolute atomic E-state index is 10.1. The van der Waals surface area contributed by atoms with Gasteiger partial charge in [0.15, 0.2) is 0 Å². The summed E-state index contributed by atoms with van der Waals surface area (Å²) in [6, 6.07) is 3.19. The molecule has 6 heteroatoms. The second kappa shape index (κ2) is 5.94. The number of rotatable bonds is 2. The Morgan fingerprint density at radius 2 is 1.90 bits per heavy atom. The molecule has 0 aliphatic carbocycles. The predicted molar refractivity (Wildman–Crippen MR) is 81.9 cm³/mol. The highest BCUT2D eigenvalue weighted by Crippen LogP contribution is 2.37. The number of hydrogen-bond donors (Lipinski definition) is 2. The van der Waals surface area contributed by atoms with Crippen molar-refractivity contribution >= 4 is 23.2 Å². The van der Waals surface area contributed by atoms with E-state index in [0.717, 1.165) is 37.9 Å². The lowest BCUT2D eigenvalue weighted by atomic mass is 9.86. The van der Waals surface area contributed by atoms with E-state index < -0.39 is 0 Å². The SMILES string of the molecule is Oc1cc(Cl)c(Cl)cc1CN1CCC2(CC1)OCCC2O. The molecule has 2 heterocycles. The Kier molecular flexibility index (Phi) is 4.35. The summed E-state index contributed by atoms with van der Waals surface area (Å²) in [6.07, 6.45) is 2.01. The number of hydrogen-bond acceptors (Lipinski definition) is 4. The van der Waals surface area contributed by atoms with Gasteiger partial charge in [-0.05, 0) is 25.3 Å². The monoisotopic (exact) mass is 331 g/mol. The third kappa shape index (κ3) is 3.01. The lowest BCUT2D eigenvalue weighted by Crippen LogP contribution is -2.49. The molecule has 2 fully saturated rings. The van der Waals surface area contributed by atoms with E-state index >= 15 is 0 Å². The summed E-state index contributed by atoms with van der Waals surface area (Å²) < 4.78 is 5.79. The van der Waals surface area contributed by atoms with Crippen LogP contribution in [0.15, 0.2) is 12.1 Å². The zero-order chi connectivity index (χ0) is 15.0. The maximum Gasteiger partial charge on any atom is 0.121 e. The number of ether oxygens (including phenoxy) is 1. The van der Waals surface area contributed by atoms with Gasteiger partial charge in [0, 0.05) is 31.3 Å². The highest BCUT2D eigenvalue weighted by atomic mass is 35.5. The minimum Gasteiger partial charge on any atom is -0.508 e.